The molecular formula is C24H24FN3O7. The lowest BCUT2D eigenvalue weighted by Crippen LogP contribution is -2.55. The molecule has 1 aliphatic carbocycles. The van der Waals surface area contributed by atoms with Crippen molar-refractivity contribution in [1.29, 1.82) is 0 Å². The first-order valence-electron chi connectivity index (χ1n) is 10.9. The van der Waals surface area contributed by atoms with E-state index in [1.807, 2.05) is 12.1 Å². The molecule has 1 fully saturated rings. The van der Waals surface area contributed by atoms with Crippen LogP contribution in [-0.4, -0.2) is 70.2 Å². The minimum atomic E-state index is -1.67. The van der Waals surface area contributed by atoms with E-state index in [1.165, 1.54) is 18.2 Å². The summed E-state index contributed by atoms with van der Waals surface area (Å²) in [6.07, 6.45) is -5.36. The molecule has 4 atom stereocenters. The normalized spacial score (nSPS) is 22.9. The lowest BCUT2D eigenvalue weighted by atomic mass is 9.99. The zero-order valence-corrected chi connectivity index (χ0v) is 18.9. The van der Waals surface area contributed by atoms with Crippen LogP contribution in [0.4, 0.5) is 15.9 Å². The third-order valence-electron chi connectivity index (χ3n) is 6.39. The van der Waals surface area contributed by atoms with E-state index in [0.29, 0.717) is 29.4 Å². The quantitative estimate of drug-likeness (QED) is 0.324. The number of aliphatic carboxylic acids is 1. The number of aromatic nitrogens is 2. The van der Waals surface area contributed by atoms with E-state index >= 15 is 0 Å². The summed E-state index contributed by atoms with van der Waals surface area (Å²) in [5.41, 5.74) is 3.66. The zero-order chi connectivity index (χ0) is 24.9. The summed E-state index contributed by atoms with van der Waals surface area (Å²) in [5.74, 6) is -0.417. The fraction of sp³-hybridized carbons (Fsp3) is 0.333. The van der Waals surface area contributed by atoms with Gasteiger partial charge in [-0.2, -0.15) is 5.10 Å². The Balaban J connectivity index is 1.61. The number of halogens is 1. The largest absolute Gasteiger partial charge is 0.493 e. The molecule has 0 saturated carbocycles. The van der Waals surface area contributed by atoms with E-state index in [2.05, 4.69) is 10.2 Å². The van der Waals surface area contributed by atoms with Crippen molar-refractivity contribution in [1.82, 2.24) is 10.2 Å². The third-order valence-corrected chi connectivity index (χ3v) is 6.39. The van der Waals surface area contributed by atoms with E-state index in [9.17, 15) is 24.5 Å². The Hall–Kier alpha value is -3.67. The number of aromatic amines is 1. The predicted octanol–water partition coefficient (Wildman–Crippen LogP) is 2.20. The second-order valence-corrected chi connectivity index (χ2v) is 8.43. The number of nitrogens with zero attached hydrogens (tertiary/aromatic N) is 2. The maximum Gasteiger partial charge on any atom is 0.335 e. The number of carboxylic acid groups (broad SMARTS) is 1. The van der Waals surface area contributed by atoms with Gasteiger partial charge in [-0.3, -0.25) is 10.00 Å². The second kappa shape index (κ2) is 8.84. The Labute approximate surface area is 199 Å². The molecule has 3 aromatic rings. The monoisotopic (exact) mass is 485 g/mol. The summed E-state index contributed by atoms with van der Waals surface area (Å²) < 4.78 is 30.8. The van der Waals surface area contributed by atoms with Crippen LogP contribution in [0.2, 0.25) is 0 Å². The molecule has 0 radical (unpaired) electrons. The SMILES string of the molecule is COc1cc2c(cc1OC)-c1[nH]nc(N(c3cccc(F)c3)C3CC(O)[C@H](O)C(C(=O)O)O3)c1C2. The Morgan fingerprint density at radius 1 is 1.20 bits per heavy atom. The summed E-state index contributed by atoms with van der Waals surface area (Å²) in [5, 5.41) is 37.6. The van der Waals surface area contributed by atoms with Gasteiger partial charge in [-0.25, -0.2) is 9.18 Å². The summed E-state index contributed by atoms with van der Waals surface area (Å²) in [6.45, 7) is 0. The number of aliphatic hydroxyl groups excluding tert-OH is 2. The topological polar surface area (TPSA) is 137 Å². The molecule has 1 saturated heterocycles. The summed E-state index contributed by atoms with van der Waals surface area (Å²) in [4.78, 5) is 13.2. The number of rotatable bonds is 6. The summed E-state index contributed by atoms with van der Waals surface area (Å²) >= 11 is 0. The molecule has 1 aliphatic heterocycles. The van der Waals surface area contributed by atoms with Crippen molar-refractivity contribution in [3.8, 4) is 22.8 Å². The van der Waals surface area contributed by atoms with E-state index in [1.54, 1.807) is 25.2 Å². The van der Waals surface area contributed by atoms with Crippen molar-refractivity contribution >= 4 is 17.5 Å². The van der Waals surface area contributed by atoms with Gasteiger partial charge < -0.3 is 29.5 Å². The number of hydrogen-bond acceptors (Lipinski definition) is 8. The number of anilines is 2. The van der Waals surface area contributed by atoms with Gasteiger partial charge in [-0.1, -0.05) is 6.07 Å². The molecule has 4 N–H and O–H groups in total. The highest BCUT2D eigenvalue weighted by Crippen LogP contribution is 2.46. The lowest BCUT2D eigenvalue weighted by molar-refractivity contribution is -0.192. The maximum atomic E-state index is 14.2. The molecule has 0 spiro atoms. The molecule has 5 rings (SSSR count). The zero-order valence-electron chi connectivity index (χ0n) is 18.9. The van der Waals surface area contributed by atoms with Gasteiger partial charge in [0.1, 0.15) is 18.1 Å². The molecule has 1 aromatic heterocycles. The van der Waals surface area contributed by atoms with E-state index in [-0.39, 0.29) is 6.42 Å². The fourth-order valence-corrected chi connectivity index (χ4v) is 4.71. The maximum absolute atomic E-state index is 14.2. The summed E-state index contributed by atoms with van der Waals surface area (Å²) in [7, 11) is 3.10. The molecule has 2 aliphatic rings. The minimum Gasteiger partial charge on any atom is -0.493 e. The van der Waals surface area contributed by atoms with Crippen LogP contribution < -0.4 is 14.4 Å². The smallest absolute Gasteiger partial charge is 0.335 e. The Kier molecular flexibility index (Phi) is 5.83. The molecule has 0 amide bonds. The van der Waals surface area contributed by atoms with Crippen molar-refractivity contribution in [2.45, 2.75) is 37.4 Å². The van der Waals surface area contributed by atoms with Gasteiger partial charge >= 0.3 is 5.97 Å². The molecule has 184 valence electrons. The van der Waals surface area contributed by atoms with Gasteiger partial charge in [0, 0.05) is 29.7 Å². The highest BCUT2D eigenvalue weighted by atomic mass is 19.1. The van der Waals surface area contributed by atoms with Crippen LogP contribution in [0.1, 0.15) is 17.5 Å². The van der Waals surface area contributed by atoms with Crippen molar-refractivity contribution in [3.05, 3.63) is 53.3 Å². The second-order valence-electron chi connectivity index (χ2n) is 8.43. The molecule has 2 aromatic carbocycles. The van der Waals surface area contributed by atoms with Crippen LogP contribution in [0, 0.1) is 5.82 Å². The first kappa shape index (κ1) is 23.1. The van der Waals surface area contributed by atoms with Crippen LogP contribution in [0.5, 0.6) is 11.5 Å². The van der Waals surface area contributed by atoms with Gasteiger partial charge in [0.25, 0.3) is 0 Å². The molecule has 0 bridgehead atoms. The molecule has 11 heteroatoms. The summed E-state index contributed by atoms with van der Waals surface area (Å²) in [6, 6.07) is 9.41. The molecule has 35 heavy (non-hydrogen) atoms. The standard InChI is InChI=1S/C24H24FN3O7/c1-33-17-7-11-6-15-20(14(11)9-18(17)34-2)26-27-23(15)28(13-5-3-4-12(25)8-13)19-10-16(29)21(30)22(35-19)24(31)32/h3-5,7-9,16,19,21-22,29-30H,6,10H2,1-2H3,(H,26,27)(H,31,32)/t16?,19?,21-,22?/m0/s1. The average molecular weight is 485 g/mol. The van der Waals surface area contributed by atoms with Gasteiger partial charge in [0.15, 0.2) is 23.4 Å². The number of benzene rings is 2. The van der Waals surface area contributed by atoms with Gasteiger partial charge in [-0.15, -0.1) is 0 Å². The Bertz CT molecular complexity index is 1280. The first-order chi connectivity index (χ1) is 16.8. The predicted molar refractivity (Wildman–Crippen MR) is 121 cm³/mol. The van der Waals surface area contributed by atoms with Gasteiger partial charge in [0.05, 0.1) is 26.0 Å². The number of H-pyrrole nitrogens is 1. The number of carboxylic acids is 1. The van der Waals surface area contributed by atoms with E-state index in [4.69, 9.17) is 14.2 Å². The van der Waals surface area contributed by atoms with Crippen molar-refractivity contribution in [3.63, 3.8) is 0 Å². The van der Waals surface area contributed by atoms with E-state index in [0.717, 1.165) is 22.4 Å². The molecule has 10 nitrogen and oxygen atoms in total. The third kappa shape index (κ3) is 3.87. The Morgan fingerprint density at radius 3 is 2.63 bits per heavy atom. The molecule has 2 heterocycles. The van der Waals surface area contributed by atoms with Crippen LogP contribution in [0.3, 0.4) is 0 Å². The highest BCUT2D eigenvalue weighted by molar-refractivity contribution is 5.82. The van der Waals surface area contributed by atoms with Crippen molar-refractivity contribution in [2.75, 3.05) is 19.1 Å². The van der Waals surface area contributed by atoms with Crippen LogP contribution in [0.25, 0.3) is 11.3 Å². The van der Waals surface area contributed by atoms with Crippen LogP contribution in [-0.2, 0) is 16.0 Å². The average Bonchev–Trinajstić information content (AvgIpc) is 3.39. The van der Waals surface area contributed by atoms with Crippen molar-refractivity contribution < 1.29 is 38.7 Å². The van der Waals surface area contributed by atoms with Gasteiger partial charge in [-0.05, 0) is 35.9 Å². The fourth-order valence-electron chi connectivity index (χ4n) is 4.71. The van der Waals surface area contributed by atoms with Crippen molar-refractivity contribution in [2.24, 2.45) is 0 Å². The number of nitrogens with one attached hydrogen (secondary N) is 1. The number of hydrogen-bond donors (Lipinski definition) is 4. The van der Waals surface area contributed by atoms with Crippen LogP contribution in [0.15, 0.2) is 36.4 Å². The number of carbonyl (C=O) groups is 1. The number of methoxy groups -OCH3 is 2. The van der Waals surface area contributed by atoms with Gasteiger partial charge in [0.2, 0.25) is 0 Å². The Morgan fingerprint density at radius 2 is 1.94 bits per heavy atom. The number of ether oxygens (including phenoxy) is 3. The number of aliphatic hydroxyl groups is 2. The number of fused-ring (bicyclic) bond motifs is 3. The lowest BCUT2D eigenvalue weighted by Gasteiger charge is -2.41. The van der Waals surface area contributed by atoms with E-state index < -0.39 is 36.3 Å². The minimum absolute atomic E-state index is 0.127. The van der Waals surface area contributed by atoms with Crippen LogP contribution >= 0.6 is 0 Å². The molecular weight excluding hydrogens is 461 g/mol. The highest BCUT2D eigenvalue weighted by Gasteiger charge is 2.44. The molecule has 3 unspecified atom stereocenters. The first-order valence-corrected chi connectivity index (χ1v) is 10.9.